The van der Waals surface area contributed by atoms with Gasteiger partial charge in [-0.1, -0.05) is 0 Å². The minimum absolute atomic E-state index is 0.152. The summed E-state index contributed by atoms with van der Waals surface area (Å²) >= 11 is 0. The Kier molecular flexibility index (Phi) is 2.65. The Hall–Kier alpha value is -0.120. The fourth-order valence-corrected chi connectivity index (χ4v) is 1.39. The van der Waals surface area contributed by atoms with Crippen LogP contribution in [0.3, 0.4) is 0 Å². The molecule has 0 aromatic rings. The third-order valence-electron chi connectivity index (χ3n) is 2.15. The van der Waals surface area contributed by atoms with Gasteiger partial charge in [-0.25, -0.2) is 0 Å². The van der Waals surface area contributed by atoms with Gasteiger partial charge in [0.25, 0.3) is 0 Å². The van der Waals surface area contributed by atoms with Crippen LogP contribution < -0.4 is 5.32 Å². The van der Waals surface area contributed by atoms with Gasteiger partial charge in [0.05, 0.1) is 6.10 Å². The molecule has 3 heteroatoms. The van der Waals surface area contributed by atoms with E-state index in [1.54, 1.807) is 0 Å². The fraction of sp³-hybridized carbons (Fsp3) is 1.00. The van der Waals surface area contributed by atoms with E-state index in [1.807, 2.05) is 7.05 Å². The highest BCUT2D eigenvalue weighted by Crippen LogP contribution is 2.07. The highest BCUT2D eigenvalue weighted by molar-refractivity contribution is 4.82. The molecule has 60 valence electrons. The van der Waals surface area contributed by atoms with Crippen LogP contribution in [0, 0.1) is 0 Å². The first-order valence-corrected chi connectivity index (χ1v) is 3.78. The molecule has 0 amide bonds. The van der Waals surface area contributed by atoms with Crippen molar-refractivity contribution in [1.82, 2.24) is 10.2 Å². The number of nitrogens with one attached hydrogen (secondary N) is 1. The van der Waals surface area contributed by atoms with Crippen molar-refractivity contribution in [2.75, 3.05) is 27.2 Å². The smallest absolute Gasteiger partial charge is 0.0717 e. The van der Waals surface area contributed by atoms with Crippen LogP contribution in [0.5, 0.6) is 0 Å². The second-order valence-electron chi connectivity index (χ2n) is 3.01. The van der Waals surface area contributed by atoms with Gasteiger partial charge in [-0.05, 0) is 20.5 Å². The summed E-state index contributed by atoms with van der Waals surface area (Å²) in [5, 5.41) is 12.5. The van der Waals surface area contributed by atoms with Crippen LogP contribution in [0.25, 0.3) is 0 Å². The second kappa shape index (κ2) is 3.32. The van der Waals surface area contributed by atoms with Gasteiger partial charge in [0, 0.05) is 19.1 Å². The zero-order chi connectivity index (χ0) is 7.56. The molecule has 1 saturated heterocycles. The molecule has 1 fully saturated rings. The number of hydrogen-bond acceptors (Lipinski definition) is 3. The van der Waals surface area contributed by atoms with E-state index in [0.29, 0.717) is 0 Å². The van der Waals surface area contributed by atoms with Crippen molar-refractivity contribution in [3.63, 3.8) is 0 Å². The summed E-state index contributed by atoms with van der Waals surface area (Å²) in [4.78, 5) is 2.23. The molecule has 0 aromatic heterocycles. The van der Waals surface area contributed by atoms with E-state index in [2.05, 4.69) is 17.3 Å². The van der Waals surface area contributed by atoms with Gasteiger partial charge >= 0.3 is 0 Å². The molecule has 0 bridgehead atoms. The molecular weight excluding hydrogens is 128 g/mol. The average Bonchev–Trinajstić information content (AvgIpc) is 1.94. The topological polar surface area (TPSA) is 35.5 Å². The minimum atomic E-state index is -0.152. The SMILES string of the molecule is CN[C@@H]1CN(C)CC[C@H]1O. The van der Waals surface area contributed by atoms with Crippen LogP contribution in [-0.2, 0) is 0 Å². The van der Waals surface area contributed by atoms with Crippen LogP contribution in [-0.4, -0.2) is 49.3 Å². The van der Waals surface area contributed by atoms with Crippen LogP contribution in [0.1, 0.15) is 6.42 Å². The monoisotopic (exact) mass is 144 g/mol. The predicted octanol–water partition coefficient (Wildman–Crippen LogP) is -0.729. The molecule has 0 saturated carbocycles. The number of likely N-dealkylation sites (tertiary alicyclic amines) is 1. The molecule has 1 rings (SSSR count). The lowest BCUT2D eigenvalue weighted by Gasteiger charge is -2.33. The Morgan fingerprint density at radius 2 is 2.30 bits per heavy atom. The molecule has 1 aliphatic heterocycles. The molecule has 0 spiro atoms. The largest absolute Gasteiger partial charge is 0.391 e. The number of likely N-dealkylation sites (N-methyl/N-ethyl adjacent to an activating group) is 2. The molecule has 1 heterocycles. The lowest BCUT2D eigenvalue weighted by atomic mass is 10.0. The molecule has 3 nitrogen and oxygen atoms in total. The highest BCUT2D eigenvalue weighted by Gasteiger charge is 2.23. The lowest BCUT2D eigenvalue weighted by Crippen LogP contribution is -2.51. The van der Waals surface area contributed by atoms with Gasteiger partial charge in [0.15, 0.2) is 0 Å². The Balaban J connectivity index is 2.38. The molecule has 1 aliphatic rings. The van der Waals surface area contributed by atoms with Gasteiger partial charge in [0.2, 0.25) is 0 Å². The van der Waals surface area contributed by atoms with Crippen molar-refractivity contribution in [3.8, 4) is 0 Å². The van der Waals surface area contributed by atoms with Gasteiger partial charge in [0.1, 0.15) is 0 Å². The second-order valence-corrected chi connectivity index (χ2v) is 3.01. The normalized spacial score (nSPS) is 36.3. The maximum atomic E-state index is 9.40. The minimum Gasteiger partial charge on any atom is -0.391 e. The zero-order valence-corrected chi connectivity index (χ0v) is 6.67. The number of piperidine rings is 1. The Bertz CT molecular complexity index is 108. The van der Waals surface area contributed by atoms with E-state index < -0.39 is 0 Å². The molecule has 2 atom stereocenters. The van der Waals surface area contributed by atoms with Crippen molar-refractivity contribution in [3.05, 3.63) is 0 Å². The summed E-state index contributed by atoms with van der Waals surface area (Å²) in [7, 11) is 3.98. The molecule has 2 N–H and O–H groups in total. The predicted molar refractivity (Wildman–Crippen MR) is 41.0 cm³/mol. The summed E-state index contributed by atoms with van der Waals surface area (Å²) in [6, 6.07) is 0.263. The fourth-order valence-electron chi connectivity index (χ4n) is 1.39. The number of rotatable bonds is 1. The van der Waals surface area contributed by atoms with Crippen molar-refractivity contribution >= 4 is 0 Å². The third-order valence-corrected chi connectivity index (χ3v) is 2.15. The summed E-state index contributed by atoms with van der Waals surface area (Å²) in [5.74, 6) is 0. The van der Waals surface area contributed by atoms with Crippen LogP contribution in [0.15, 0.2) is 0 Å². The van der Waals surface area contributed by atoms with E-state index in [9.17, 15) is 5.11 Å². The summed E-state index contributed by atoms with van der Waals surface area (Å²) in [6.45, 7) is 1.97. The van der Waals surface area contributed by atoms with E-state index in [-0.39, 0.29) is 12.1 Å². The first kappa shape index (κ1) is 7.98. The average molecular weight is 144 g/mol. The highest BCUT2D eigenvalue weighted by atomic mass is 16.3. The zero-order valence-electron chi connectivity index (χ0n) is 6.67. The Morgan fingerprint density at radius 3 is 2.80 bits per heavy atom. The molecule has 10 heavy (non-hydrogen) atoms. The molecule has 0 radical (unpaired) electrons. The summed E-state index contributed by atoms with van der Waals surface area (Å²) < 4.78 is 0. The van der Waals surface area contributed by atoms with Gasteiger partial charge in [-0.3, -0.25) is 0 Å². The number of aliphatic hydroxyl groups is 1. The molecule has 0 aliphatic carbocycles. The number of hydrogen-bond donors (Lipinski definition) is 2. The van der Waals surface area contributed by atoms with Crippen molar-refractivity contribution in [1.29, 1.82) is 0 Å². The van der Waals surface area contributed by atoms with E-state index in [0.717, 1.165) is 19.5 Å². The number of aliphatic hydroxyl groups excluding tert-OH is 1. The van der Waals surface area contributed by atoms with E-state index >= 15 is 0 Å². The van der Waals surface area contributed by atoms with E-state index in [1.165, 1.54) is 0 Å². The Morgan fingerprint density at radius 1 is 1.60 bits per heavy atom. The Labute approximate surface area is 62.0 Å². The van der Waals surface area contributed by atoms with Gasteiger partial charge in [-0.2, -0.15) is 0 Å². The van der Waals surface area contributed by atoms with Crippen molar-refractivity contribution in [2.24, 2.45) is 0 Å². The summed E-state index contributed by atoms with van der Waals surface area (Å²) in [6.07, 6.45) is 0.739. The summed E-state index contributed by atoms with van der Waals surface area (Å²) in [5.41, 5.74) is 0. The first-order valence-electron chi connectivity index (χ1n) is 3.78. The first-order chi connectivity index (χ1) is 4.74. The molecule has 0 unspecified atom stereocenters. The van der Waals surface area contributed by atoms with E-state index in [4.69, 9.17) is 0 Å². The maximum Gasteiger partial charge on any atom is 0.0717 e. The van der Waals surface area contributed by atoms with Crippen molar-refractivity contribution < 1.29 is 5.11 Å². The standard InChI is InChI=1S/C7H16N2O/c1-8-6-5-9(2)4-3-7(6)10/h6-8,10H,3-5H2,1-2H3/t6-,7-/m1/s1. The maximum absolute atomic E-state index is 9.40. The van der Waals surface area contributed by atoms with Gasteiger partial charge in [-0.15, -0.1) is 0 Å². The van der Waals surface area contributed by atoms with Crippen LogP contribution in [0.2, 0.25) is 0 Å². The van der Waals surface area contributed by atoms with Gasteiger partial charge < -0.3 is 15.3 Å². The van der Waals surface area contributed by atoms with Crippen LogP contribution >= 0.6 is 0 Å². The lowest BCUT2D eigenvalue weighted by molar-refractivity contribution is 0.0609. The van der Waals surface area contributed by atoms with Crippen molar-refractivity contribution in [2.45, 2.75) is 18.6 Å². The van der Waals surface area contributed by atoms with Crippen LogP contribution in [0.4, 0.5) is 0 Å². The number of nitrogens with zero attached hydrogens (tertiary/aromatic N) is 1. The molecule has 0 aromatic carbocycles. The third kappa shape index (κ3) is 1.68. The quantitative estimate of drug-likeness (QED) is 0.509. The molecular formula is C7H16N2O.